The molecule has 22 heavy (non-hydrogen) atoms. The summed E-state index contributed by atoms with van der Waals surface area (Å²) >= 11 is 0. The molecule has 0 saturated heterocycles. The summed E-state index contributed by atoms with van der Waals surface area (Å²) in [6.45, 7) is 4.78. The molecule has 0 saturated carbocycles. The van der Waals surface area contributed by atoms with E-state index in [1.807, 2.05) is 13.8 Å². The molecule has 0 spiro atoms. The Bertz CT molecular complexity index is 615. The Morgan fingerprint density at radius 2 is 2.00 bits per heavy atom. The monoisotopic (exact) mass is 305 g/mol. The van der Waals surface area contributed by atoms with Gasteiger partial charge in [0.2, 0.25) is 5.91 Å². The van der Waals surface area contributed by atoms with Crippen LogP contribution in [0, 0.1) is 0 Å². The van der Waals surface area contributed by atoms with Crippen LogP contribution < -0.4 is 20.7 Å². The number of para-hydroxylation sites is 2. The minimum atomic E-state index is -1.72. The van der Waals surface area contributed by atoms with Crippen molar-refractivity contribution in [1.82, 2.24) is 10.6 Å². The zero-order valence-electron chi connectivity index (χ0n) is 12.7. The largest absolute Gasteiger partial charge is 0.466 e. The number of amides is 3. The number of nitrogens with one attached hydrogen (secondary N) is 3. The van der Waals surface area contributed by atoms with Gasteiger partial charge >= 0.3 is 0 Å². The fourth-order valence-corrected chi connectivity index (χ4v) is 2.02. The van der Waals surface area contributed by atoms with Gasteiger partial charge in [0.25, 0.3) is 17.4 Å². The van der Waals surface area contributed by atoms with Crippen LogP contribution in [0.4, 0.5) is 5.69 Å². The maximum atomic E-state index is 12.3. The minimum absolute atomic E-state index is 0.0268. The summed E-state index contributed by atoms with van der Waals surface area (Å²) in [5.41, 5.74) is -1.21. The van der Waals surface area contributed by atoms with Crippen molar-refractivity contribution in [3.05, 3.63) is 24.3 Å². The Morgan fingerprint density at radius 3 is 2.68 bits per heavy atom. The molecule has 1 aromatic carbocycles. The summed E-state index contributed by atoms with van der Waals surface area (Å²) in [4.78, 5) is 36.0. The molecule has 1 atom stereocenters. The Morgan fingerprint density at radius 1 is 1.32 bits per heavy atom. The smallest absolute Gasteiger partial charge is 0.278 e. The maximum absolute atomic E-state index is 12.3. The Balaban J connectivity index is 2.06. The van der Waals surface area contributed by atoms with E-state index in [1.54, 1.807) is 24.3 Å². The second kappa shape index (κ2) is 6.05. The number of carbonyl (C=O) groups is 3. The van der Waals surface area contributed by atoms with E-state index in [1.165, 1.54) is 6.92 Å². The van der Waals surface area contributed by atoms with Gasteiger partial charge in [-0.2, -0.15) is 0 Å². The highest BCUT2D eigenvalue weighted by Gasteiger charge is 2.47. The van der Waals surface area contributed by atoms with E-state index in [-0.39, 0.29) is 18.5 Å². The molecule has 0 bridgehead atoms. The van der Waals surface area contributed by atoms with Crippen LogP contribution in [0.15, 0.2) is 24.3 Å². The first-order chi connectivity index (χ1) is 10.3. The second-order valence-corrected chi connectivity index (χ2v) is 5.49. The lowest BCUT2D eigenvalue weighted by Gasteiger charge is -2.33. The highest BCUT2D eigenvalue weighted by Crippen LogP contribution is 2.33. The third kappa shape index (κ3) is 3.19. The standard InChI is InChI=1S/C15H19N3O4/c1-9(2)17-12(19)8-16-13(20)15(3)14(21)18-10-6-4-5-7-11(10)22-15/h4-7,9H,8H2,1-3H3,(H,16,20)(H,17,19)(H,18,21). The fourth-order valence-electron chi connectivity index (χ4n) is 2.02. The van der Waals surface area contributed by atoms with Gasteiger partial charge in [-0.15, -0.1) is 0 Å². The number of ether oxygens (including phenoxy) is 1. The third-order valence-corrected chi connectivity index (χ3v) is 3.18. The predicted molar refractivity (Wildman–Crippen MR) is 80.4 cm³/mol. The lowest BCUT2D eigenvalue weighted by molar-refractivity contribution is -0.147. The molecule has 1 aliphatic heterocycles. The van der Waals surface area contributed by atoms with Gasteiger partial charge < -0.3 is 20.7 Å². The second-order valence-electron chi connectivity index (χ2n) is 5.49. The predicted octanol–water partition coefficient (Wildman–Crippen LogP) is 0.417. The number of carbonyl (C=O) groups excluding carboxylic acids is 3. The van der Waals surface area contributed by atoms with Crippen LogP contribution in [0.2, 0.25) is 0 Å². The van der Waals surface area contributed by atoms with E-state index >= 15 is 0 Å². The van der Waals surface area contributed by atoms with Gasteiger partial charge in [0.15, 0.2) is 0 Å². The van der Waals surface area contributed by atoms with Crippen molar-refractivity contribution < 1.29 is 19.1 Å². The van der Waals surface area contributed by atoms with E-state index < -0.39 is 17.4 Å². The summed E-state index contributed by atoms with van der Waals surface area (Å²) in [6, 6.07) is 6.81. The van der Waals surface area contributed by atoms with Crippen LogP contribution in [-0.2, 0) is 14.4 Å². The first kappa shape index (κ1) is 15.8. The van der Waals surface area contributed by atoms with Gasteiger partial charge in [-0.1, -0.05) is 12.1 Å². The normalized spacial score (nSPS) is 19.7. The average Bonchev–Trinajstić information content (AvgIpc) is 2.45. The molecule has 0 radical (unpaired) electrons. The summed E-state index contributed by atoms with van der Waals surface area (Å²) < 4.78 is 5.55. The molecule has 0 aromatic heterocycles. The van der Waals surface area contributed by atoms with Crippen molar-refractivity contribution in [3.63, 3.8) is 0 Å². The molecule has 1 heterocycles. The van der Waals surface area contributed by atoms with Crippen molar-refractivity contribution in [1.29, 1.82) is 0 Å². The molecule has 1 aliphatic rings. The van der Waals surface area contributed by atoms with E-state index in [9.17, 15) is 14.4 Å². The van der Waals surface area contributed by atoms with E-state index in [4.69, 9.17) is 4.74 Å². The fraction of sp³-hybridized carbons (Fsp3) is 0.400. The zero-order valence-corrected chi connectivity index (χ0v) is 12.7. The number of fused-ring (bicyclic) bond motifs is 1. The van der Waals surface area contributed by atoms with Crippen LogP contribution in [0.25, 0.3) is 0 Å². The van der Waals surface area contributed by atoms with Gasteiger partial charge in [0.05, 0.1) is 12.2 Å². The highest BCUT2D eigenvalue weighted by atomic mass is 16.5. The molecular weight excluding hydrogens is 286 g/mol. The van der Waals surface area contributed by atoms with Crippen LogP contribution in [0.1, 0.15) is 20.8 Å². The molecule has 1 unspecified atom stereocenters. The molecule has 0 fully saturated rings. The lowest BCUT2D eigenvalue weighted by atomic mass is 10.0. The SMILES string of the molecule is CC(C)NC(=O)CNC(=O)C1(C)Oc2ccccc2NC1=O. The van der Waals surface area contributed by atoms with Gasteiger partial charge in [-0.3, -0.25) is 14.4 Å². The van der Waals surface area contributed by atoms with Crippen molar-refractivity contribution in [2.45, 2.75) is 32.4 Å². The number of rotatable bonds is 4. The molecule has 118 valence electrons. The highest BCUT2D eigenvalue weighted by molar-refractivity contribution is 6.15. The number of hydrogen-bond acceptors (Lipinski definition) is 4. The summed E-state index contributed by atoms with van der Waals surface area (Å²) in [5, 5.41) is 7.69. The van der Waals surface area contributed by atoms with Crippen molar-refractivity contribution in [3.8, 4) is 5.75 Å². The summed E-state index contributed by atoms with van der Waals surface area (Å²) in [7, 11) is 0. The number of anilines is 1. The van der Waals surface area contributed by atoms with Gasteiger partial charge in [0, 0.05) is 6.04 Å². The van der Waals surface area contributed by atoms with Gasteiger partial charge in [-0.25, -0.2) is 0 Å². The quantitative estimate of drug-likeness (QED) is 0.702. The van der Waals surface area contributed by atoms with Crippen LogP contribution in [0.3, 0.4) is 0 Å². The maximum Gasteiger partial charge on any atom is 0.278 e. The summed E-state index contributed by atoms with van der Waals surface area (Å²) in [6.07, 6.45) is 0. The number of benzene rings is 1. The topological polar surface area (TPSA) is 96.5 Å². The third-order valence-electron chi connectivity index (χ3n) is 3.18. The van der Waals surface area contributed by atoms with E-state index in [2.05, 4.69) is 16.0 Å². The first-order valence-corrected chi connectivity index (χ1v) is 7.00. The Labute approximate surface area is 128 Å². The molecule has 3 N–H and O–H groups in total. The molecule has 7 heteroatoms. The first-order valence-electron chi connectivity index (χ1n) is 7.00. The van der Waals surface area contributed by atoms with Gasteiger partial charge in [-0.05, 0) is 32.9 Å². The van der Waals surface area contributed by atoms with Crippen molar-refractivity contribution >= 4 is 23.4 Å². The zero-order chi connectivity index (χ0) is 16.3. The van der Waals surface area contributed by atoms with E-state index in [0.717, 1.165) is 0 Å². The average molecular weight is 305 g/mol. The van der Waals surface area contributed by atoms with Crippen LogP contribution in [0.5, 0.6) is 5.75 Å². The molecule has 1 aromatic rings. The number of hydrogen-bond donors (Lipinski definition) is 3. The van der Waals surface area contributed by atoms with Gasteiger partial charge in [0.1, 0.15) is 5.75 Å². The molecule has 7 nitrogen and oxygen atoms in total. The lowest BCUT2D eigenvalue weighted by Crippen LogP contribution is -2.59. The van der Waals surface area contributed by atoms with Crippen LogP contribution >= 0.6 is 0 Å². The molecular formula is C15H19N3O4. The molecule has 0 aliphatic carbocycles. The van der Waals surface area contributed by atoms with E-state index in [0.29, 0.717) is 11.4 Å². The van der Waals surface area contributed by atoms with Crippen LogP contribution in [-0.4, -0.2) is 35.9 Å². The summed E-state index contributed by atoms with van der Waals surface area (Å²) in [5.74, 6) is -1.17. The minimum Gasteiger partial charge on any atom is -0.466 e. The molecule has 2 rings (SSSR count). The van der Waals surface area contributed by atoms with Crippen molar-refractivity contribution in [2.24, 2.45) is 0 Å². The Hall–Kier alpha value is -2.57. The van der Waals surface area contributed by atoms with Crippen molar-refractivity contribution in [2.75, 3.05) is 11.9 Å². The Kier molecular flexibility index (Phi) is 4.35. The molecule has 3 amide bonds.